The number of rotatable bonds is 4. The fourth-order valence-electron chi connectivity index (χ4n) is 3.31. The molecule has 2 aliphatic heterocycles. The van der Waals surface area contributed by atoms with Gasteiger partial charge in [-0.1, -0.05) is 6.07 Å². The molecule has 2 fully saturated rings. The van der Waals surface area contributed by atoms with Crippen molar-refractivity contribution in [1.29, 1.82) is 0 Å². The van der Waals surface area contributed by atoms with Crippen molar-refractivity contribution in [2.75, 3.05) is 50.8 Å². The first-order chi connectivity index (χ1) is 11.9. The molecular weight excluding hydrogens is 358 g/mol. The Hall–Kier alpha value is -1.25. The molecular formula is C17H24ClN5OS. The average Bonchev–Trinajstić information content (AvgIpc) is 3.12. The molecule has 0 bridgehead atoms. The van der Waals surface area contributed by atoms with Crippen LogP contribution in [0.4, 0.5) is 5.13 Å². The first-order valence-corrected chi connectivity index (χ1v) is 9.34. The topological polar surface area (TPSA) is 53.5 Å². The molecule has 25 heavy (non-hydrogen) atoms. The molecule has 0 spiro atoms. The zero-order valence-corrected chi connectivity index (χ0v) is 15.8. The molecule has 0 saturated carbocycles. The van der Waals surface area contributed by atoms with Crippen LogP contribution in [0, 0.1) is 0 Å². The fraction of sp³-hybridized carbons (Fsp3) is 0.529. The van der Waals surface area contributed by atoms with Gasteiger partial charge in [-0.3, -0.25) is 9.88 Å². The Kier molecular flexibility index (Phi) is 6.61. The zero-order valence-electron chi connectivity index (χ0n) is 14.1. The molecule has 0 amide bonds. The van der Waals surface area contributed by atoms with Crippen LogP contribution < -0.4 is 10.2 Å². The molecule has 2 saturated heterocycles. The second kappa shape index (κ2) is 8.91. The van der Waals surface area contributed by atoms with Crippen LogP contribution in [0.5, 0.6) is 0 Å². The summed E-state index contributed by atoms with van der Waals surface area (Å²) >= 11 is 1.81. The molecule has 6 nitrogen and oxygen atoms in total. The number of morpholine rings is 1. The highest BCUT2D eigenvalue weighted by Crippen LogP contribution is 2.28. The van der Waals surface area contributed by atoms with Gasteiger partial charge in [-0.2, -0.15) is 0 Å². The number of nitrogens with one attached hydrogen (secondary N) is 1. The average molecular weight is 382 g/mol. The van der Waals surface area contributed by atoms with Gasteiger partial charge in [-0.15, -0.1) is 23.7 Å². The Morgan fingerprint density at radius 2 is 2.12 bits per heavy atom. The van der Waals surface area contributed by atoms with Gasteiger partial charge in [0.15, 0.2) is 5.13 Å². The second-order valence-electron chi connectivity index (χ2n) is 6.19. The van der Waals surface area contributed by atoms with Crippen molar-refractivity contribution in [2.24, 2.45) is 0 Å². The van der Waals surface area contributed by atoms with Gasteiger partial charge in [0.25, 0.3) is 0 Å². The number of halogens is 1. The van der Waals surface area contributed by atoms with Crippen molar-refractivity contribution in [3.8, 4) is 0 Å². The van der Waals surface area contributed by atoms with E-state index in [1.165, 1.54) is 10.4 Å². The molecule has 0 aromatic carbocycles. The van der Waals surface area contributed by atoms with E-state index >= 15 is 0 Å². The SMILES string of the molecule is Cl.c1cncc(C2CNCCN2Cc2cnc(N3CCOCC3)s2)c1. The van der Waals surface area contributed by atoms with Gasteiger partial charge in [0, 0.05) is 68.8 Å². The minimum atomic E-state index is 0. The maximum absolute atomic E-state index is 5.43. The smallest absolute Gasteiger partial charge is 0.185 e. The minimum Gasteiger partial charge on any atom is -0.378 e. The zero-order chi connectivity index (χ0) is 16.2. The van der Waals surface area contributed by atoms with Crippen LogP contribution in [0.15, 0.2) is 30.7 Å². The molecule has 1 unspecified atom stereocenters. The molecule has 4 rings (SSSR count). The maximum Gasteiger partial charge on any atom is 0.185 e. The number of aromatic nitrogens is 2. The lowest BCUT2D eigenvalue weighted by Crippen LogP contribution is -2.45. The number of piperazine rings is 1. The number of hydrogen-bond donors (Lipinski definition) is 1. The van der Waals surface area contributed by atoms with E-state index in [-0.39, 0.29) is 12.4 Å². The largest absolute Gasteiger partial charge is 0.378 e. The Balaban J connectivity index is 0.00000182. The maximum atomic E-state index is 5.43. The first kappa shape index (κ1) is 18.5. The van der Waals surface area contributed by atoms with E-state index in [0.717, 1.165) is 57.6 Å². The van der Waals surface area contributed by atoms with E-state index in [9.17, 15) is 0 Å². The summed E-state index contributed by atoms with van der Waals surface area (Å²) in [5.41, 5.74) is 1.28. The van der Waals surface area contributed by atoms with E-state index < -0.39 is 0 Å². The van der Waals surface area contributed by atoms with Gasteiger partial charge >= 0.3 is 0 Å². The molecule has 2 aromatic heterocycles. The molecule has 136 valence electrons. The van der Waals surface area contributed by atoms with Crippen LogP contribution in [-0.2, 0) is 11.3 Å². The first-order valence-electron chi connectivity index (χ1n) is 8.52. The van der Waals surface area contributed by atoms with Gasteiger partial charge < -0.3 is 15.0 Å². The number of pyridine rings is 1. The third-order valence-electron chi connectivity index (χ3n) is 4.61. The molecule has 0 aliphatic carbocycles. The number of hydrogen-bond acceptors (Lipinski definition) is 7. The van der Waals surface area contributed by atoms with Gasteiger partial charge in [0.05, 0.1) is 13.2 Å². The monoisotopic (exact) mass is 381 g/mol. The number of anilines is 1. The van der Waals surface area contributed by atoms with Crippen LogP contribution in [0.1, 0.15) is 16.5 Å². The third-order valence-corrected chi connectivity index (χ3v) is 5.65. The molecule has 2 aromatic rings. The minimum absolute atomic E-state index is 0. The summed E-state index contributed by atoms with van der Waals surface area (Å²) in [7, 11) is 0. The summed E-state index contributed by atoms with van der Waals surface area (Å²) in [6.45, 7) is 7.49. The molecule has 4 heterocycles. The van der Waals surface area contributed by atoms with E-state index in [2.05, 4.69) is 31.2 Å². The Labute approximate surface area is 158 Å². The van der Waals surface area contributed by atoms with Crippen LogP contribution in [0.2, 0.25) is 0 Å². The van der Waals surface area contributed by atoms with Crippen molar-refractivity contribution in [3.05, 3.63) is 41.2 Å². The van der Waals surface area contributed by atoms with Crippen molar-refractivity contribution in [2.45, 2.75) is 12.6 Å². The van der Waals surface area contributed by atoms with E-state index in [1.807, 2.05) is 36.0 Å². The van der Waals surface area contributed by atoms with Crippen LogP contribution in [0.3, 0.4) is 0 Å². The predicted octanol–water partition coefficient (Wildman–Crippen LogP) is 1.94. The van der Waals surface area contributed by atoms with Crippen LogP contribution in [-0.4, -0.2) is 60.8 Å². The molecule has 0 radical (unpaired) electrons. The Morgan fingerprint density at radius 1 is 1.24 bits per heavy atom. The molecule has 1 atom stereocenters. The third kappa shape index (κ3) is 4.48. The lowest BCUT2D eigenvalue weighted by atomic mass is 10.1. The van der Waals surface area contributed by atoms with Crippen LogP contribution in [0.25, 0.3) is 0 Å². The normalized spacial score (nSPS) is 21.8. The summed E-state index contributed by atoms with van der Waals surface area (Å²) in [6.07, 6.45) is 5.86. The lowest BCUT2D eigenvalue weighted by Gasteiger charge is -2.36. The Bertz CT molecular complexity index is 649. The summed E-state index contributed by atoms with van der Waals surface area (Å²) in [4.78, 5) is 15.1. The molecule has 8 heteroatoms. The van der Waals surface area contributed by atoms with Gasteiger partial charge in [0.2, 0.25) is 0 Å². The second-order valence-corrected chi connectivity index (χ2v) is 7.28. The van der Waals surface area contributed by atoms with Crippen molar-refractivity contribution in [1.82, 2.24) is 20.2 Å². The number of thiazole rings is 1. The van der Waals surface area contributed by atoms with Gasteiger partial charge in [0.1, 0.15) is 0 Å². The Morgan fingerprint density at radius 3 is 2.92 bits per heavy atom. The standard InChI is InChI=1S/C17H23N5OS.ClH/c1-2-14(10-18-3-1)16-12-19-4-5-22(16)13-15-11-20-17(24-15)21-6-8-23-9-7-21;/h1-3,10-11,16,19H,4-9,12-13H2;1H. The quantitative estimate of drug-likeness (QED) is 0.873. The molecule has 2 aliphatic rings. The summed E-state index contributed by atoms with van der Waals surface area (Å²) in [6, 6.07) is 4.57. The number of nitrogens with zero attached hydrogens (tertiary/aromatic N) is 4. The summed E-state index contributed by atoms with van der Waals surface area (Å²) in [5.74, 6) is 0. The van der Waals surface area contributed by atoms with Gasteiger partial charge in [-0.25, -0.2) is 4.98 Å². The highest BCUT2D eigenvalue weighted by molar-refractivity contribution is 7.15. The highest BCUT2D eigenvalue weighted by atomic mass is 35.5. The van der Waals surface area contributed by atoms with E-state index in [1.54, 1.807) is 0 Å². The lowest BCUT2D eigenvalue weighted by molar-refractivity contribution is 0.122. The van der Waals surface area contributed by atoms with Crippen LogP contribution >= 0.6 is 23.7 Å². The van der Waals surface area contributed by atoms with Gasteiger partial charge in [-0.05, 0) is 11.6 Å². The van der Waals surface area contributed by atoms with Crippen molar-refractivity contribution >= 4 is 28.9 Å². The van der Waals surface area contributed by atoms with E-state index in [0.29, 0.717) is 6.04 Å². The number of ether oxygens (including phenoxy) is 1. The molecule has 1 N–H and O–H groups in total. The predicted molar refractivity (Wildman–Crippen MR) is 103 cm³/mol. The van der Waals surface area contributed by atoms with Crippen molar-refractivity contribution in [3.63, 3.8) is 0 Å². The summed E-state index contributed by atoms with van der Waals surface area (Å²) < 4.78 is 5.43. The highest BCUT2D eigenvalue weighted by Gasteiger charge is 2.25. The van der Waals surface area contributed by atoms with E-state index in [4.69, 9.17) is 4.74 Å². The fourth-order valence-corrected chi connectivity index (χ4v) is 4.30. The summed E-state index contributed by atoms with van der Waals surface area (Å²) in [5, 5.41) is 4.63. The van der Waals surface area contributed by atoms with Crippen molar-refractivity contribution < 1.29 is 4.74 Å².